The molecule has 4 rings (SSSR count). The molecule has 1 aliphatic carbocycles. The van der Waals surface area contributed by atoms with Gasteiger partial charge in [-0.25, -0.2) is 4.79 Å². The Hall–Kier alpha value is -2.50. The van der Waals surface area contributed by atoms with E-state index in [4.69, 9.17) is 21.1 Å². The Morgan fingerprint density at radius 3 is 2.86 bits per heavy atom. The molecule has 0 amide bonds. The number of halogens is 1. The number of benzene rings is 2. The number of aliphatic hydroxyl groups is 1. The maximum atomic E-state index is 12.3. The monoisotopic (exact) mass is 497 g/mol. The fraction of sp³-hybridized carbons (Fsp3) is 0.483. The topological polar surface area (TPSA) is 59.0 Å². The molecule has 0 bridgehead atoms. The van der Waals surface area contributed by atoms with Gasteiger partial charge in [-0.2, -0.15) is 0 Å². The number of carbonyl (C=O) groups excluding carboxylic acids is 1. The SMILES string of the molecule is C=CC(O)C(CC)C(C)CN1CC2(CCCc3cc(Cl)ccc32)COc2ccc(C(=O)OC)cc21. The number of anilines is 1. The van der Waals surface area contributed by atoms with Crippen LogP contribution in [0.15, 0.2) is 49.1 Å². The molecule has 0 saturated heterocycles. The number of aryl methyl sites for hydroxylation is 1. The minimum absolute atomic E-state index is 0.0808. The molecule has 0 radical (unpaired) electrons. The highest BCUT2D eigenvalue weighted by Gasteiger charge is 2.42. The van der Waals surface area contributed by atoms with E-state index >= 15 is 0 Å². The Labute approximate surface area is 213 Å². The summed E-state index contributed by atoms with van der Waals surface area (Å²) in [5.41, 5.74) is 3.78. The maximum absolute atomic E-state index is 12.3. The standard InChI is InChI=1S/C29H36ClNO4/c1-5-23(26(32)6-2)19(3)16-31-17-29(13-7-8-20-14-22(30)10-11-24(20)29)18-35-27-12-9-21(15-25(27)31)28(33)34-4/h6,9-12,14-15,19,23,26,32H,2,5,7-8,13,16-18H2,1,3-4H3. The van der Waals surface area contributed by atoms with Crippen LogP contribution in [0.2, 0.25) is 5.02 Å². The van der Waals surface area contributed by atoms with Crippen molar-refractivity contribution in [3.63, 3.8) is 0 Å². The van der Waals surface area contributed by atoms with Crippen molar-refractivity contribution in [3.8, 4) is 5.75 Å². The van der Waals surface area contributed by atoms with Crippen LogP contribution in [-0.2, 0) is 16.6 Å². The first-order valence-electron chi connectivity index (χ1n) is 12.5. The first-order chi connectivity index (χ1) is 16.8. The molecule has 0 saturated carbocycles. The number of esters is 1. The van der Waals surface area contributed by atoms with Gasteiger partial charge in [0.15, 0.2) is 0 Å². The molecule has 2 aromatic rings. The van der Waals surface area contributed by atoms with Gasteiger partial charge >= 0.3 is 5.97 Å². The predicted molar refractivity (Wildman–Crippen MR) is 141 cm³/mol. The van der Waals surface area contributed by atoms with Crippen molar-refractivity contribution in [3.05, 3.63) is 70.8 Å². The van der Waals surface area contributed by atoms with Crippen LogP contribution >= 0.6 is 11.6 Å². The van der Waals surface area contributed by atoms with E-state index in [0.717, 1.165) is 55.2 Å². The van der Waals surface area contributed by atoms with E-state index in [1.165, 1.54) is 18.2 Å². The van der Waals surface area contributed by atoms with Gasteiger partial charge in [0.1, 0.15) is 5.75 Å². The molecule has 4 unspecified atom stereocenters. The van der Waals surface area contributed by atoms with E-state index in [1.54, 1.807) is 12.1 Å². The van der Waals surface area contributed by atoms with Crippen LogP contribution in [0.1, 0.15) is 54.6 Å². The summed E-state index contributed by atoms with van der Waals surface area (Å²) in [6.45, 7) is 10.1. The Morgan fingerprint density at radius 2 is 2.14 bits per heavy atom. The lowest BCUT2D eigenvalue weighted by atomic mass is 9.70. The third kappa shape index (κ3) is 5.07. The van der Waals surface area contributed by atoms with Crippen molar-refractivity contribution in [2.75, 3.05) is 31.7 Å². The molecule has 2 aromatic carbocycles. The minimum atomic E-state index is -0.564. The van der Waals surface area contributed by atoms with E-state index in [1.807, 2.05) is 18.2 Å². The van der Waals surface area contributed by atoms with Gasteiger partial charge in [-0.1, -0.05) is 44.0 Å². The summed E-state index contributed by atoms with van der Waals surface area (Å²) in [6, 6.07) is 11.7. The molecule has 6 heteroatoms. The Kier molecular flexibility index (Phi) is 7.77. The number of hydrogen-bond donors (Lipinski definition) is 1. The zero-order valence-corrected chi connectivity index (χ0v) is 21.7. The fourth-order valence-electron chi connectivity index (χ4n) is 6.00. The molecule has 0 fully saturated rings. The summed E-state index contributed by atoms with van der Waals surface area (Å²) < 4.78 is 11.5. The summed E-state index contributed by atoms with van der Waals surface area (Å²) in [7, 11) is 1.39. The van der Waals surface area contributed by atoms with E-state index in [2.05, 4.69) is 37.5 Å². The highest BCUT2D eigenvalue weighted by atomic mass is 35.5. The molecule has 188 valence electrons. The lowest BCUT2D eigenvalue weighted by Crippen LogP contribution is -2.47. The van der Waals surface area contributed by atoms with E-state index in [0.29, 0.717) is 12.2 Å². The molecule has 0 aromatic heterocycles. The number of carbonyl (C=O) groups is 1. The number of rotatable bonds is 7. The summed E-state index contributed by atoms with van der Waals surface area (Å²) in [5, 5.41) is 11.3. The van der Waals surface area contributed by atoms with Gasteiger partial charge in [0.25, 0.3) is 0 Å². The molecule has 1 heterocycles. The van der Waals surface area contributed by atoms with Gasteiger partial charge in [-0.3, -0.25) is 0 Å². The lowest BCUT2D eigenvalue weighted by molar-refractivity contribution is 0.0600. The highest BCUT2D eigenvalue weighted by Crippen LogP contribution is 2.45. The fourth-order valence-corrected chi connectivity index (χ4v) is 6.19. The normalized spacial score (nSPS) is 21.7. The zero-order valence-electron chi connectivity index (χ0n) is 20.9. The van der Waals surface area contributed by atoms with Crippen molar-refractivity contribution >= 4 is 23.3 Å². The molecule has 1 N–H and O–H groups in total. The van der Waals surface area contributed by atoms with Crippen LogP contribution in [0.3, 0.4) is 0 Å². The molecule has 5 nitrogen and oxygen atoms in total. The van der Waals surface area contributed by atoms with Gasteiger partial charge in [-0.15, -0.1) is 6.58 Å². The summed E-state index contributed by atoms with van der Waals surface area (Å²) in [6.07, 6.45) is 5.00. The molecular formula is C29H36ClNO4. The van der Waals surface area contributed by atoms with Crippen molar-refractivity contribution in [2.24, 2.45) is 11.8 Å². The number of aliphatic hydroxyl groups excluding tert-OH is 1. The number of hydrogen-bond acceptors (Lipinski definition) is 5. The summed E-state index contributed by atoms with van der Waals surface area (Å²) >= 11 is 6.34. The average Bonchev–Trinajstić information content (AvgIpc) is 3.00. The smallest absolute Gasteiger partial charge is 0.337 e. The summed E-state index contributed by atoms with van der Waals surface area (Å²) in [4.78, 5) is 14.7. The van der Waals surface area contributed by atoms with Gasteiger partial charge in [-0.05, 0) is 72.6 Å². The molecule has 1 spiro atoms. The highest BCUT2D eigenvalue weighted by molar-refractivity contribution is 6.30. The third-order valence-corrected chi connectivity index (χ3v) is 8.08. The van der Waals surface area contributed by atoms with Crippen molar-refractivity contribution in [2.45, 2.75) is 51.0 Å². The van der Waals surface area contributed by atoms with Gasteiger partial charge in [0.05, 0.1) is 31.1 Å². The number of ether oxygens (including phenoxy) is 2. The quantitative estimate of drug-likeness (QED) is 0.386. The Morgan fingerprint density at radius 1 is 1.34 bits per heavy atom. The molecule has 4 atom stereocenters. The number of methoxy groups -OCH3 is 1. The van der Waals surface area contributed by atoms with Gasteiger partial charge in [0.2, 0.25) is 0 Å². The maximum Gasteiger partial charge on any atom is 0.337 e. The Bertz CT molecular complexity index is 1090. The van der Waals surface area contributed by atoms with Gasteiger partial charge < -0.3 is 19.5 Å². The third-order valence-electron chi connectivity index (χ3n) is 7.85. The second-order valence-electron chi connectivity index (χ2n) is 10.1. The first-order valence-corrected chi connectivity index (χ1v) is 12.9. The average molecular weight is 498 g/mol. The van der Waals surface area contributed by atoms with Crippen LogP contribution in [0.4, 0.5) is 5.69 Å². The van der Waals surface area contributed by atoms with E-state index in [-0.39, 0.29) is 23.2 Å². The number of nitrogens with zero attached hydrogens (tertiary/aromatic N) is 1. The summed E-state index contributed by atoms with van der Waals surface area (Å²) in [5.74, 6) is 0.662. The molecule has 2 aliphatic rings. The zero-order chi connectivity index (χ0) is 25.2. The van der Waals surface area contributed by atoms with Crippen LogP contribution in [0.5, 0.6) is 5.75 Å². The minimum Gasteiger partial charge on any atom is -0.490 e. The van der Waals surface area contributed by atoms with Gasteiger partial charge in [0, 0.05) is 23.5 Å². The van der Waals surface area contributed by atoms with Crippen molar-refractivity contribution < 1.29 is 19.4 Å². The second-order valence-corrected chi connectivity index (χ2v) is 10.5. The second kappa shape index (κ2) is 10.6. The van der Waals surface area contributed by atoms with Crippen molar-refractivity contribution in [1.29, 1.82) is 0 Å². The Balaban J connectivity index is 1.77. The van der Waals surface area contributed by atoms with E-state index in [9.17, 15) is 9.90 Å². The van der Waals surface area contributed by atoms with Crippen LogP contribution in [0, 0.1) is 11.8 Å². The van der Waals surface area contributed by atoms with Crippen LogP contribution < -0.4 is 9.64 Å². The lowest BCUT2D eigenvalue weighted by Gasteiger charge is -2.42. The number of fused-ring (bicyclic) bond motifs is 3. The van der Waals surface area contributed by atoms with Crippen LogP contribution in [-0.4, -0.2) is 44.0 Å². The van der Waals surface area contributed by atoms with Crippen LogP contribution in [0.25, 0.3) is 0 Å². The predicted octanol–water partition coefficient (Wildman–Crippen LogP) is 5.81. The van der Waals surface area contributed by atoms with E-state index < -0.39 is 6.10 Å². The molecule has 1 aliphatic heterocycles. The molecular weight excluding hydrogens is 462 g/mol. The van der Waals surface area contributed by atoms with Crippen molar-refractivity contribution in [1.82, 2.24) is 0 Å². The molecule has 35 heavy (non-hydrogen) atoms. The first kappa shape index (κ1) is 25.6. The largest absolute Gasteiger partial charge is 0.490 e.